The van der Waals surface area contributed by atoms with Gasteiger partial charge in [-0.1, -0.05) is 43.3 Å². The summed E-state index contributed by atoms with van der Waals surface area (Å²) in [6.07, 6.45) is 2.72. The number of carbonyl (C=O) groups is 1. The van der Waals surface area contributed by atoms with Gasteiger partial charge in [0.15, 0.2) is 0 Å². The maximum absolute atomic E-state index is 12.6. The Hall–Kier alpha value is -2.20. The van der Waals surface area contributed by atoms with Gasteiger partial charge in [-0.15, -0.1) is 0 Å². The lowest BCUT2D eigenvalue weighted by Gasteiger charge is -2.17. The SMILES string of the molecule is CC[C@H](NC(=O)c1cccc2[nH]ccc12)c1ccccc1.S. The van der Waals surface area contributed by atoms with Crippen LogP contribution in [0.2, 0.25) is 0 Å². The van der Waals surface area contributed by atoms with E-state index in [1.165, 1.54) is 0 Å². The van der Waals surface area contributed by atoms with Crippen LogP contribution in [0, 0.1) is 0 Å². The number of H-pyrrole nitrogens is 1. The number of aromatic nitrogens is 1. The summed E-state index contributed by atoms with van der Waals surface area (Å²) >= 11 is 0. The molecule has 0 aliphatic carbocycles. The van der Waals surface area contributed by atoms with Gasteiger partial charge >= 0.3 is 0 Å². The largest absolute Gasteiger partial charge is 0.361 e. The van der Waals surface area contributed by atoms with Crippen molar-refractivity contribution in [2.45, 2.75) is 19.4 Å². The second kappa shape index (κ2) is 7.18. The summed E-state index contributed by atoms with van der Waals surface area (Å²) in [6.45, 7) is 2.08. The van der Waals surface area contributed by atoms with E-state index in [9.17, 15) is 4.79 Å². The smallest absolute Gasteiger partial charge is 0.252 e. The molecule has 3 rings (SSSR count). The normalized spacial score (nSPS) is 11.7. The van der Waals surface area contributed by atoms with Crippen LogP contribution in [0.15, 0.2) is 60.8 Å². The number of aromatic amines is 1. The maximum atomic E-state index is 12.6. The topological polar surface area (TPSA) is 44.9 Å². The quantitative estimate of drug-likeness (QED) is 0.746. The fourth-order valence-electron chi connectivity index (χ4n) is 2.63. The molecule has 0 aliphatic heterocycles. The van der Waals surface area contributed by atoms with Crippen molar-refractivity contribution in [3.05, 3.63) is 71.9 Å². The fraction of sp³-hybridized carbons (Fsp3) is 0.167. The monoisotopic (exact) mass is 312 g/mol. The highest BCUT2D eigenvalue weighted by atomic mass is 32.1. The van der Waals surface area contributed by atoms with Gasteiger partial charge in [0.05, 0.1) is 6.04 Å². The minimum atomic E-state index is -0.0316. The molecule has 0 saturated heterocycles. The van der Waals surface area contributed by atoms with Gasteiger partial charge in [-0.2, -0.15) is 13.5 Å². The van der Waals surface area contributed by atoms with E-state index in [1.54, 1.807) is 0 Å². The zero-order valence-corrected chi connectivity index (χ0v) is 13.5. The molecule has 0 spiro atoms. The molecular formula is C18H20N2OS. The van der Waals surface area contributed by atoms with Crippen LogP contribution in [0.5, 0.6) is 0 Å². The Bertz CT molecular complexity index is 752. The molecule has 0 fully saturated rings. The minimum Gasteiger partial charge on any atom is -0.361 e. The van der Waals surface area contributed by atoms with Crippen molar-refractivity contribution in [3.8, 4) is 0 Å². The molecule has 22 heavy (non-hydrogen) atoms. The van der Waals surface area contributed by atoms with Crippen LogP contribution in [-0.2, 0) is 0 Å². The van der Waals surface area contributed by atoms with E-state index in [-0.39, 0.29) is 25.4 Å². The summed E-state index contributed by atoms with van der Waals surface area (Å²) in [5, 5.41) is 4.08. The van der Waals surface area contributed by atoms with Gasteiger partial charge in [-0.3, -0.25) is 4.79 Å². The third-order valence-electron chi connectivity index (χ3n) is 3.76. The lowest BCUT2D eigenvalue weighted by molar-refractivity contribution is 0.0937. The molecule has 3 aromatic rings. The maximum Gasteiger partial charge on any atom is 0.252 e. The molecule has 3 nitrogen and oxygen atoms in total. The summed E-state index contributed by atoms with van der Waals surface area (Å²) in [5.74, 6) is -0.0316. The van der Waals surface area contributed by atoms with Crippen molar-refractivity contribution in [1.82, 2.24) is 10.3 Å². The van der Waals surface area contributed by atoms with E-state index < -0.39 is 0 Å². The number of nitrogens with one attached hydrogen (secondary N) is 2. The molecule has 114 valence electrons. The first-order valence-corrected chi connectivity index (χ1v) is 7.21. The van der Waals surface area contributed by atoms with Gasteiger partial charge in [-0.05, 0) is 30.2 Å². The van der Waals surface area contributed by atoms with E-state index >= 15 is 0 Å². The van der Waals surface area contributed by atoms with Gasteiger partial charge in [0.2, 0.25) is 0 Å². The van der Waals surface area contributed by atoms with Crippen molar-refractivity contribution in [1.29, 1.82) is 0 Å². The van der Waals surface area contributed by atoms with Crippen LogP contribution in [0.3, 0.4) is 0 Å². The van der Waals surface area contributed by atoms with E-state index in [0.717, 1.165) is 22.9 Å². The zero-order valence-electron chi connectivity index (χ0n) is 12.5. The number of carbonyl (C=O) groups excluding carboxylic acids is 1. The molecule has 0 unspecified atom stereocenters. The highest BCUT2D eigenvalue weighted by molar-refractivity contribution is 7.59. The Balaban J connectivity index is 0.00000176. The molecule has 4 heteroatoms. The predicted octanol–water partition coefficient (Wildman–Crippen LogP) is 4.16. The van der Waals surface area contributed by atoms with E-state index in [1.807, 2.05) is 60.8 Å². The Kier molecular flexibility index (Phi) is 5.28. The van der Waals surface area contributed by atoms with Crippen molar-refractivity contribution < 1.29 is 4.79 Å². The molecular weight excluding hydrogens is 292 g/mol. The van der Waals surface area contributed by atoms with Crippen LogP contribution in [-0.4, -0.2) is 10.9 Å². The molecule has 1 heterocycles. The van der Waals surface area contributed by atoms with Gasteiger partial charge in [0, 0.05) is 22.7 Å². The number of hydrogen-bond donors (Lipinski definition) is 2. The van der Waals surface area contributed by atoms with Gasteiger partial charge in [0.1, 0.15) is 0 Å². The molecule has 2 N–H and O–H groups in total. The number of fused-ring (bicyclic) bond motifs is 1. The number of amides is 1. The average molecular weight is 312 g/mol. The first-order valence-electron chi connectivity index (χ1n) is 7.21. The summed E-state index contributed by atoms with van der Waals surface area (Å²) < 4.78 is 0. The molecule has 0 radical (unpaired) electrons. The first-order chi connectivity index (χ1) is 10.3. The van der Waals surface area contributed by atoms with E-state index in [4.69, 9.17) is 0 Å². The molecule has 1 aromatic heterocycles. The highest BCUT2D eigenvalue weighted by Crippen LogP contribution is 2.20. The number of hydrogen-bond acceptors (Lipinski definition) is 1. The van der Waals surface area contributed by atoms with Crippen LogP contribution in [0.4, 0.5) is 0 Å². The summed E-state index contributed by atoms with van der Waals surface area (Å²) in [7, 11) is 0. The first kappa shape index (κ1) is 16.2. The van der Waals surface area contributed by atoms with Crippen LogP contribution >= 0.6 is 13.5 Å². The Morgan fingerprint density at radius 2 is 1.86 bits per heavy atom. The van der Waals surface area contributed by atoms with Gasteiger partial charge < -0.3 is 10.3 Å². The van der Waals surface area contributed by atoms with Crippen LogP contribution in [0.1, 0.15) is 35.3 Å². The van der Waals surface area contributed by atoms with Crippen LogP contribution < -0.4 is 5.32 Å². The molecule has 1 amide bonds. The fourth-order valence-corrected chi connectivity index (χ4v) is 2.63. The molecule has 0 aliphatic rings. The predicted molar refractivity (Wildman–Crippen MR) is 95.6 cm³/mol. The number of benzene rings is 2. The third-order valence-corrected chi connectivity index (χ3v) is 3.76. The van der Waals surface area contributed by atoms with E-state index in [2.05, 4.69) is 17.2 Å². The molecule has 2 aromatic carbocycles. The van der Waals surface area contributed by atoms with E-state index in [0.29, 0.717) is 5.56 Å². The molecule has 0 bridgehead atoms. The zero-order chi connectivity index (χ0) is 14.7. The van der Waals surface area contributed by atoms with Crippen LogP contribution in [0.25, 0.3) is 10.9 Å². The second-order valence-electron chi connectivity index (χ2n) is 5.09. The summed E-state index contributed by atoms with van der Waals surface area (Å²) in [4.78, 5) is 15.7. The van der Waals surface area contributed by atoms with Crippen molar-refractivity contribution >= 4 is 30.3 Å². The second-order valence-corrected chi connectivity index (χ2v) is 5.09. The number of rotatable bonds is 4. The Labute approximate surface area is 137 Å². The molecule has 1 atom stereocenters. The highest BCUT2D eigenvalue weighted by Gasteiger charge is 2.15. The van der Waals surface area contributed by atoms with Crippen molar-refractivity contribution in [2.24, 2.45) is 0 Å². The lowest BCUT2D eigenvalue weighted by atomic mass is 10.0. The standard InChI is InChI=1S/C18H18N2O.H2S/c1-2-16(13-7-4-3-5-8-13)20-18(21)15-9-6-10-17-14(15)11-12-19-17;/h3-12,16,19H,2H2,1H3,(H,20,21);1H2/t16-;/m0./s1. The minimum absolute atomic E-state index is 0. The van der Waals surface area contributed by atoms with Crippen molar-refractivity contribution in [3.63, 3.8) is 0 Å². The summed E-state index contributed by atoms with van der Waals surface area (Å²) in [5.41, 5.74) is 2.83. The third kappa shape index (κ3) is 3.17. The average Bonchev–Trinajstić information content (AvgIpc) is 3.01. The van der Waals surface area contributed by atoms with Crippen molar-refractivity contribution in [2.75, 3.05) is 0 Å². The molecule has 0 saturated carbocycles. The van der Waals surface area contributed by atoms with Gasteiger partial charge in [0.25, 0.3) is 5.91 Å². The Morgan fingerprint density at radius 1 is 1.09 bits per heavy atom. The summed E-state index contributed by atoms with van der Waals surface area (Å²) in [6, 6.07) is 17.8. The van der Waals surface area contributed by atoms with Gasteiger partial charge in [-0.25, -0.2) is 0 Å². The Morgan fingerprint density at radius 3 is 2.59 bits per heavy atom. The lowest BCUT2D eigenvalue weighted by Crippen LogP contribution is -2.28.